The quantitative estimate of drug-likeness (QED) is 0.469. The largest absolute Gasteiger partial charge is 0.490 e. The molecule has 4 rings (SSSR count). The molecule has 160 valence electrons. The van der Waals surface area contributed by atoms with Gasteiger partial charge >= 0.3 is 6.18 Å². The topological polar surface area (TPSA) is 86.3 Å². The van der Waals surface area contributed by atoms with Crippen molar-refractivity contribution in [3.8, 4) is 11.6 Å². The van der Waals surface area contributed by atoms with Crippen LogP contribution >= 0.6 is 0 Å². The highest BCUT2D eigenvalue weighted by molar-refractivity contribution is 6.05. The number of carbonyl (C=O) groups is 1. The number of halogens is 3. The van der Waals surface area contributed by atoms with Gasteiger partial charge in [0.25, 0.3) is 5.91 Å². The fourth-order valence-corrected chi connectivity index (χ4v) is 3.19. The fraction of sp³-hybridized carbons (Fsp3) is 0.0952. The fourth-order valence-electron chi connectivity index (χ4n) is 3.19. The van der Waals surface area contributed by atoms with Crippen LogP contribution in [0.4, 0.5) is 24.5 Å². The smallest absolute Gasteiger partial charge is 0.434 e. The molecule has 0 bridgehead atoms. The molecule has 0 radical (unpaired) electrons. The number of pyridine rings is 2. The maximum Gasteiger partial charge on any atom is 0.434 e. The van der Waals surface area contributed by atoms with Crippen molar-refractivity contribution in [2.45, 2.75) is 6.18 Å². The minimum atomic E-state index is -4.88. The van der Waals surface area contributed by atoms with Crippen molar-refractivity contribution in [2.24, 2.45) is 0 Å². The van der Waals surface area contributed by atoms with Crippen molar-refractivity contribution in [1.82, 2.24) is 19.7 Å². The van der Waals surface area contributed by atoms with Crippen molar-refractivity contribution < 1.29 is 22.7 Å². The summed E-state index contributed by atoms with van der Waals surface area (Å²) < 4.78 is 47.7. The van der Waals surface area contributed by atoms with Crippen LogP contribution < -0.4 is 10.1 Å². The van der Waals surface area contributed by atoms with E-state index in [0.29, 0.717) is 15.6 Å². The van der Waals surface area contributed by atoms with Crippen LogP contribution in [0, 0.1) is 6.57 Å². The van der Waals surface area contributed by atoms with Crippen molar-refractivity contribution in [1.29, 1.82) is 0 Å². The highest BCUT2D eigenvalue weighted by Crippen LogP contribution is 2.35. The summed E-state index contributed by atoms with van der Waals surface area (Å²) in [6.45, 7) is 7.14. The van der Waals surface area contributed by atoms with Crippen molar-refractivity contribution in [2.75, 3.05) is 12.4 Å². The zero-order valence-corrected chi connectivity index (χ0v) is 16.4. The highest BCUT2D eigenvalue weighted by atomic mass is 19.4. The lowest BCUT2D eigenvalue weighted by molar-refractivity contribution is -0.143. The van der Waals surface area contributed by atoms with Crippen LogP contribution in [0.25, 0.3) is 21.4 Å². The molecule has 3 aromatic heterocycles. The van der Waals surface area contributed by atoms with Gasteiger partial charge in [0.1, 0.15) is 0 Å². The number of methoxy groups -OCH3 is 1. The predicted octanol–water partition coefficient (Wildman–Crippen LogP) is 4.65. The minimum Gasteiger partial charge on any atom is -0.490 e. The Kier molecular flexibility index (Phi) is 5.19. The molecule has 0 unspecified atom stereocenters. The average molecular weight is 438 g/mol. The molecule has 0 aliphatic rings. The van der Waals surface area contributed by atoms with Crippen LogP contribution in [-0.4, -0.2) is 32.8 Å². The van der Waals surface area contributed by atoms with Gasteiger partial charge in [-0.05, 0) is 30.3 Å². The molecule has 1 amide bonds. The number of amides is 1. The molecular formula is C21H13F3N6O2. The molecule has 11 heteroatoms. The molecule has 0 fully saturated rings. The summed E-state index contributed by atoms with van der Waals surface area (Å²) in [4.78, 5) is 24.0. The number of benzene rings is 1. The summed E-state index contributed by atoms with van der Waals surface area (Å²) in [5.41, 5.74) is -1.27. The molecule has 4 aromatic rings. The molecule has 0 spiro atoms. The lowest BCUT2D eigenvalue weighted by Crippen LogP contribution is -2.21. The number of hydrogen-bond acceptors (Lipinski definition) is 5. The highest BCUT2D eigenvalue weighted by Gasteiger charge is 2.41. The predicted molar refractivity (Wildman–Crippen MR) is 109 cm³/mol. The van der Waals surface area contributed by atoms with Gasteiger partial charge in [-0.25, -0.2) is 14.5 Å². The van der Waals surface area contributed by atoms with Gasteiger partial charge in [-0.15, -0.1) is 0 Å². The van der Waals surface area contributed by atoms with E-state index in [2.05, 4.69) is 25.2 Å². The summed E-state index contributed by atoms with van der Waals surface area (Å²) in [6.07, 6.45) is -1.33. The van der Waals surface area contributed by atoms with E-state index in [-0.39, 0.29) is 22.9 Å². The maximum absolute atomic E-state index is 14.0. The molecule has 0 saturated heterocycles. The summed E-state index contributed by atoms with van der Waals surface area (Å²) >= 11 is 0. The average Bonchev–Trinajstić information content (AvgIpc) is 3.24. The number of aromatic nitrogens is 4. The number of ether oxygens (including phenoxy) is 1. The van der Waals surface area contributed by atoms with Crippen LogP contribution in [0.3, 0.4) is 0 Å². The standard InChI is InChI=1S/C21H13F3N6O2/c1-25-16-9-12(10-27-20(16)32-2)29-19(31)14-11-28-30(18(14)21(22,23)24)17-7-3-6-15-13(17)5-4-8-26-15/h3-11H,2H3,(H,29,31). The van der Waals surface area contributed by atoms with E-state index in [4.69, 9.17) is 11.3 Å². The van der Waals surface area contributed by atoms with Gasteiger partial charge in [0.05, 0.1) is 42.8 Å². The summed E-state index contributed by atoms with van der Waals surface area (Å²) in [5, 5.41) is 6.62. The molecule has 32 heavy (non-hydrogen) atoms. The zero-order valence-electron chi connectivity index (χ0n) is 16.4. The Morgan fingerprint density at radius 1 is 1.19 bits per heavy atom. The van der Waals surface area contributed by atoms with E-state index in [1.54, 1.807) is 24.3 Å². The first-order valence-corrected chi connectivity index (χ1v) is 9.05. The molecule has 0 saturated carbocycles. The third kappa shape index (κ3) is 3.69. The van der Waals surface area contributed by atoms with Crippen molar-refractivity contribution in [3.63, 3.8) is 0 Å². The summed E-state index contributed by atoms with van der Waals surface area (Å²) in [5.74, 6) is -1.02. The second-order valence-electron chi connectivity index (χ2n) is 6.48. The van der Waals surface area contributed by atoms with Gasteiger partial charge in [0.2, 0.25) is 11.6 Å². The van der Waals surface area contributed by atoms with Crippen LogP contribution in [0.1, 0.15) is 16.1 Å². The van der Waals surface area contributed by atoms with Gasteiger partial charge in [-0.2, -0.15) is 18.3 Å². The van der Waals surface area contributed by atoms with E-state index in [1.807, 2.05) is 0 Å². The van der Waals surface area contributed by atoms with E-state index in [9.17, 15) is 18.0 Å². The summed E-state index contributed by atoms with van der Waals surface area (Å²) in [7, 11) is 1.32. The van der Waals surface area contributed by atoms with E-state index in [0.717, 1.165) is 6.20 Å². The number of carbonyl (C=O) groups excluding carboxylic acids is 1. The lowest BCUT2D eigenvalue weighted by atomic mass is 10.1. The third-order valence-electron chi connectivity index (χ3n) is 4.54. The molecule has 3 heterocycles. The van der Waals surface area contributed by atoms with E-state index < -0.39 is 23.3 Å². The number of anilines is 1. The third-order valence-corrected chi connectivity index (χ3v) is 4.54. The molecule has 0 aliphatic carbocycles. The van der Waals surface area contributed by atoms with Gasteiger partial charge in [0.15, 0.2) is 5.69 Å². The Labute approximate surface area is 179 Å². The molecule has 0 atom stereocenters. The zero-order chi connectivity index (χ0) is 22.9. The van der Waals surface area contributed by atoms with Gasteiger partial charge < -0.3 is 10.1 Å². The summed E-state index contributed by atoms with van der Waals surface area (Å²) in [6, 6.07) is 9.15. The van der Waals surface area contributed by atoms with Gasteiger partial charge in [-0.1, -0.05) is 6.07 Å². The molecule has 1 aromatic carbocycles. The van der Waals surface area contributed by atoms with E-state index in [1.165, 1.54) is 31.6 Å². The normalized spacial score (nSPS) is 11.2. The Hall–Kier alpha value is -4.46. The number of alkyl halides is 3. The first-order chi connectivity index (χ1) is 15.3. The van der Waals surface area contributed by atoms with Crippen LogP contribution in [0.5, 0.6) is 5.88 Å². The second-order valence-corrected chi connectivity index (χ2v) is 6.48. The number of nitrogens with one attached hydrogen (secondary N) is 1. The minimum absolute atomic E-state index is 0.000274. The van der Waals surface area contributed by atoms with Crippen LogP contribution in [-0.2, 0) is 6.18 Å². The SMILES string of the molecule is [C-]#[N+]c1cc(NC(=O)c2cnn(-c3cccc4ncccc34)c2C(F)(F)F)cnc1OC. The number of hydrogen-bond donors (Lipinski definition) is 1. The Balaban J connectivity index is 1.79. The van der Waals surface area contributed by atoms with Crippen LogP contribution in [0.15, 0.2) is 55.0 Å². The van der Waals surface area contributed by atoms with Gasteiger partial charge in [0, 0.05) is 17.3 Å². The first kappa shape index (κ1) is 20.8. The molecule has 1 N–H and O–H groups in total. The Morgan fingerprint density at radius 2 is 2.00 bits per heavy atom. The Morgan fingerprint density at radius 3 is 2.72 bits per heavy atom. The second kappa shape index (κ2) is 7.99. The monoisotopic (exact) mass is 438 g/mol. The molecule has 0 aliphatic heterocycles. The van der Waals surface area contributed by atoms with E-state index >= 15 is 0 Å². The van der Waals surface area contributed by atoms with Crippen molar-refractivity contribution >= 4 is 28.2 Å². The first-order valence-electron chi connectivity index (χ1n) is 9.05. The molecule has 8 nitrogen and oxygen atoms in total. The lowest BCUT2D eigenvalue weighted by Gasteiger charge is -2.14. The number of nitrogens with zero attached hydrogens (tertiary/aromatic N) is 5. The van der Waals surface area contributed by atoms with Crippen molar-refractivity contribution in [3.05, 3.63) is 77.7 Å². The Bertz CT molecular complexity index is 1370. The van der Waals surface area contributed by atoms with Gasteiger partial charge in [-0.3, -0.25) is 9.78 Å². The number of fused-ring (bicyclic) bond motifs is 1. The maximum atomic E-state index is 14.0. The van der Waals surface area contributed by atoms with Crippen LogP contribution in [0.2, 0.25) is 0 Å². The molecular weight excluding hydrogens is 425 g/mol. The number of rotatable bonds is 4.